The van der Waals surface area contributed by atoms with Gasteiger partial charge in [-0.2, -0.15) is 0 Å². The molecule has 8 heteroatoms. The molecule has 2 rings (SSSR count). The highest BCUT2D eigenvalue weighted by Gasteiger charge is 2.40. The van der Waals surface area contributed by atoms with Gasteiger partial charge in [0.25, 0.3) is 0 Å². The number of hydrogen-bond donors (Lipinski definition) is 1. The van der Waals surface area contributed by atoms with Crippen molar-refractivity contribution in [2.45, 2.75) is 32.1 Å². The van der Waals surface area contributed by atoms with Crippen molar-refractivity contribution in [3.63, 3.8) is 0 Å². The lowest BCUT2D eigenvalue weighted by atomic mass is 10.2. The molecule has 1 aliphatic rings. The Labute approximate surface area is 154 Å². The normalized spacial score (nSPS) is 20.4. The molecule has 2 heterocycles. The predicted octanol–water partition coefficient (Wildman–Crippen LogP) is 2.26. The van der Waals surface area contributed by atoms with E-state index in [1.54, 1.807) is 32.2 Å². The number of sulfone groups is 1. The van der Waals surface area contributed by atoms with Crippen LogP contribution in [0.4, 0.5) is 0 Å². The van der Waals surface area contributed by atoms with Gasteiger partial charge in [-0.05, 0) is 37.8 Å². The molecule has 0 radical (unpaired) electrons. The molecule has 1 aromatic rings. The first-order chi connectivity index (χ1) is 9.77. The first kappa shape index (κ1) is 19.7. The number of nitrogens with zero attached hydrogens (tertiary/aromatic N) is 2. The van der Waals surface area contributed by atoms with E-state index in [1.165, 1.54) is 10.4 Å². The molecule has 1 fully saturated rings. The molecular weight excluding hydrogens is 433 g/mol. The average molecular weight is 457 g/mol. The van der Waals surface area contributed by atoms with Crippen LogP contribution in [0.25, 0.3) is 0 Å². The number of halogens is 1. The molecule has 0 atom stereocenters. The smallest absolute Gasteiger partial charge is 0.194 e. The van der Waals surface area contributed by atoms with E-state index in [9.17, 15) is 8.42 Å². The van der Waals surface area contributed by atoms with E-state index in [2.05, 4.69) is 28.7 Å². The Hall–Kier alpha value is -0.350. The van der Waals surface area contributed by atoms with Crippen LogP contribution in [0.15, 0.2) is 16.4 Å². The fourth-order valence-electron chi connectivity index (χ4n) is 2.40. The van der Waals surface area contributed by atoms with Crippen LogP contribution in [-0.2, 0) is 16.4 Å². The van der Waals surface area contributed by atoms with Gasteiger partial charge in [0, 0.05) is 25.0 Å². The lowest BCUT2D eigenvalue weighted by Gasteiger charge is -2.39. The number of rotatable bonds is 2. The van der Waals surface area contributed by atoms with Gasteiger partial charge in [0.15, 0.2) is 15.8 Å². The van der Waals surface area contributed by atoms with Crippen molar-refractivity contribution in [2.75, 3.05) is 25.9 Å². The maximum Gasteiger partial charge on any atom is 0.194 e. The summed E-state index contributed by atoms with van der Waals surface area (Å²) in [6.07, 6.45) is 0. The summed E-state index contributed by atoms with van der Waals surface area (Å²) in [6, 6.07) is 2.10. The summed E-state index contributed by atoms with van der Waals surface area (Å²) in [5, 5.41) is 5.41. The third-order valence-electron chi connectivity index (χ3n) is 3.93. The Kier molecular flexibility index (Phi) is 6.70. The van der Waals surface area contributed by atoms with Crippen molar-refractivity contribution in [3.05, 3.63) is 21.9 Å². The SMILES string of the molecule is CN=C(NCc1sccc1C)N1CCS(=O)(=O)C(C)(C)C1.I. The Bertz CT molecular complexity index is 638. The molecule has 1 N–H and O–H groups in total. The van der Waals surface area contributed by atoms with Crippen molar-refractivity contribution >= 4 is 51.1 Å². The molecule has 126 valence electrons. The van der Waals surface area contributed by atoms with Crippen molar-refractivity contribution in [1.82, 2.24) is 10.2 Å². The van der Waals surface area contributed by atoms with Gasteiger partial charge in [0.1, 0.15) is 0 Å². The molecule has 0 saturated carbocycles. The molecule has 0 spiro atoms. The first-order valence-corrected chi connectivity index (χ1v) is 9.51. The molecule has 1 aromatic heterocycles. The highest BCUT2D eigenvalue weighted by Crippen LogP contribution is 2.24. The van der Waals surface area contributed by atoms with Crippen LogP contribution >= 0.6 is 35.3 Å². The zero-order valence-corrected chi connectivity index (χ0v) is 17.4. The van der Waals surface area contributed by atoms with Gasteiger partial charge < -0.3 is 10.2 Å². The van der Waals surface area contributed by atoms with Gasteiger partial charge in [-0.1, -0.05) is 0 Å². The largest absolute Gasteiger partial charge is 0.351 e. The molecule has 0 aromatic carbocycles. The molecule has 1 aliphatic heterocycles. The molecule has 0 amide bonds. The molecular formula is C14H24IN3O2S2. The van der Waals surface area contributed by atoms with Crippen molar-refractivity contribution in [3.8, 4) is 0 Å². The summed E-state index contributed by atoms with van der Waals surface area (Å²) in [7, 11) is -1.29. The van der Waals surface area contributed by atoms with E-state index < -0.39 is 14.6 Å². The number of nitrogens with one attached hydrogen (secondary N) is 1. The van der Waals surface area contributed by atoms with Gasteiger partial charge >= 0.3 is 0 Å². The highest BCUT2D eigenvalue weighted by atomic mass is 127. The van der Waals surface area contributed by atoms with E-state index in [1.807, 2.05) is 4.90 Å². The van der Waals surface area contributed by atoms with Crippen LogP contribution in [-0.4, -0.2) is 49.9 Å². The lowest BCUT2D eigenvalue weighted by Crippen LogP contribution is -2.57. The minimum Gasteiger partial charge on any atom is -0.351 e. The Morgan fingerprint density at radius 1 is 1.50 bits per heavy atom. The molecule has 22 heavy (non-hydrogen) atoms. The van der Waals surface area contributed by atoms with Crippen molar-refractivity contribution in [1.29, 1.82) is 0 Å². The van der Waals surface area contributed by atoms with E-state index in [0.29, 0.717) is 13.1 Å². The van der Waals surface area contributed by atoms with Crippen LogP contribution in [0.2, 0.25) is 0 Å². The van der Waals surface area contributed by atoms with Gasteiger partial charge in [-0.15, -0.1) is 35.3 Å². The zero-order valence-electron chi connectivity index (χ0n) is 13.4. The maximum atomic E-state index is 12.1. The van der Waals surface area contributed by atoms with Crippen LogP contribution in [0, 0.1) is 6.92 Å². The lowest BCUT2D eigenvalue weighted by molar-refractivity contribution is 0.353. The monoisotopic (exact) mass is 457 g/mol. The quantitative estimate of drug-likeness (QED) is 0.421. The fourth-order valence-corrected chi connectivity index (χ4v) is 4.61. The third kappa shape index (κ3) is 4.14. The molecule has 0 aliphatic carbocycles. The summed E-state index contributed by atoms with van der Waals surface area (Å²) >= 11 is 1.72. The van der Waals surface area contributed by atoms with Crippen LogP contribution in [0.3, 0.4) is 0 Å². The Morgan fingerprint density at radius 3 is 2.68 bits per heavy atom. The second-order valence-electron chi connectivity index (χ2n) is 5.93. The second-order valence-corrected chi connectivity index (χ2v) is 9.67. The maximum absolute atomic E-state index is 12.1. The van der Waals surface area contributed by atoms with E-state index >= 15 is 0 Å². The number of thiophene rings is 1. The van der Waals surface area contributed by atoms with Crippen LogP contribution < -0.4 is 5.32 Å². The van der Waals surface area contributed by atoms with E-state index in [0.717, 1.165) is 12.5 Å². The topological polar surface area (TPSA) is 61.8 Å². The van der Waals surface area contributed by atoms with Crippen LogP contribution in [0.5, 0.6) is 0 Å². The highest BCUT2D eigenvalue weighted by molar-refractivity contribution is 14.0. The number of aryl methyl sites for hydroxylation is 1. The second kappa shape index (κ2) is 7.48. The van der Waals surface area contributed by atoms with E-state index in [-0.39, 0.29) is 29.7 Å². The summed E-state index contributed by atoms with van der Waals surface area (Å²) in [5.74, 6) is 0.949. The van der Waals surface area contributed by atoms with Gasteiger partial charge in [0.05, 0.1) is 17.0 Å². The molecule has 0 bridgehead atoms. The minimum absolute atomic E-state index is 0. The predicted molar refractivity (Wildman–Crippen MR) is 104 cm³/mol. The number of guanidine groups is 1. The fraction of sp³-hybridized carbons (Fsp3) is 0.643. The van der Waals surface area contributed by atoms with Gasteiger partial charge in [0.2, 0.25) is 0 Å². The van der Waals surface area contributed by atoms with Gasteiger partial charge in [-0.25, -0.2) is 8.42 Å². The average Bonchev–Trinajstić information content (AvgIpc) is 2.80. The molecule has 1 saturated heterocycles. The van der Waals surface area contributed by atoms with Crippen molar-refractivity contribution in [2.24, 2.45) is 4.99 Å². The summed E-state index contributed by atoms with van der Waals surface area (Å²) < 4.78 is 23.4. The summed E-state index contributed by atoms with van der Waals surface area (Å²) in [5.41, 5.74) is 1.27. The molecule has 0 unspecified atom stereocenters. The minimum atomic E-state index is -3.02. The number of aliphatic imine (C=N–C) groups is 1. The van der Waals surface area contributed by atoms with Crippen molar-refractivity contribution < 1.29 is 8.42 Å². The summed E-state index contributed by atoms with van der Waals surface area (Å²) in [6.45, 7) is 7.34. The molecule has 5 nitrogen and oxygen atoms in total. The number of hydrogen-bond acceptors (Lipinski definition) is 4. The third-order valence-corrected chi connectivity index (χ3v) is 7.49. The van der Waals surface area contributed by atoms with E-state index in [4.69, 9.17) is 0 Å². The van der Waals surface area contributed by atoms with Crippen LogP contribution in [0.1, 0.15) is 24.3 Å². The Balaban J connectivity index is 0.00000242. The first-order valence-electron chi connectivity index (χ1n) is 6.98. The van der Waals surface area contributed by atoms with Gasteiger partial charge in [-0.3, -0.25) is 4.99 Å². The standard InChI is InChI=1S/C14H23N3O2S2.HI/c1-11-5-7-20-12(11)9-16-13(15-4)17-6-8-21(18,19)14(2,3)10-17;/h5,7H,6,8-10H2,1-4H3,(H,15,16);1H. The zero-order chi connectivity index (χ0) is 15.7. The Morgan fingerprint density at radius 2 is 2.18 bits per heavy atom. The summed E-state index contributed by atoms with van der Waals surface area (Å²) in [4.78, 5) is 7.60.